The maximum Gasteiger partial charge on any atom is 0.263 e. The van der Waals surface area contributed by atoms with Crippen molar-refractivity contribution >= 4 is 5.91 Å². The molecule has 9 heteroatoms. The molecule has 5 atom stereocenters. The Kier molecular flexibility index (Phi) is 5.72. The molecule has 1 saturated carbocycles. The predicted octanol–water partition coefficient (Wildman–Crippen LogP) is 3.37. The Balaban J connectivity index is 1.87. The third-order valence-electron chi connectivity index (χ3n) is 7.36. The lowest BCUT2D eigenvalue weighted by Crippen LogP contribution is -2.52. The molecule has 0 bridgehead atoms. The van der Waals surface area contributed by atoms with Crippen molar-refractivity contribution in [3.05, 3.63) is 89.2 Å². The van der Waals surface area contributed by atoms with Gasteiger partial charge in [-0.15, -0.1) is 0 Å². The van der Waals surface area contributed by atoms with Gasteiger partial charge in [-0.2, -0.15) is 0 Å². The van der Waals surface area contributed by atoms with Crippen LogP contribution in [0.3, 0.4) is 0 Å². The molecule has 1 fully saturated rings. The van der Waals surface area contributed by atoms with Gasteiger partial charge in [0.2, 0.25) is 5.91 Å². The Morgan fingerprint density at radius 3 is 2.36 bits per heavy atom. The van der Waals surface area contributed by atoms with E-state index in [1.165, 1.54) is 48.7 Å². The number of halogens is 2. The molecular weight excluding hydrogens is 470 g/mol. The van der Waals surface area contributed by atoms with Crippen molar-refractivity contribution < 1.29 is 33.3 Å². The van der Waals surface area contributed by atoms with Gasteiger partial charge in [-0.05, 0) is 11.1 Å². The van der Waals surface area contributed by atoms with Crippen LogP contribution >= 0.6 is 0 Å². The maximum atomic E-state index is 13.6. The molecular formula is C27H26F2N2O5. The quantitative estimate of drug-likeness (QED) is 0.563. The molecule has 188 valence electrons. The Hall–Kier alpha value is -3.56. The fourth-order valence-electron chi connectivity index (χ4n) is 5.84. The molecule has 1 aliphatic heterocycles. The molecule has 5 rings (SSSR count). The molecule has 1 aliphatic carbocycles. The Morgan fingerprint density at radius 2 is 1.78 bits per heavy atom. The van der Waals surface area contributed by atoms with Gasteiger partial charge in [-0.1, -0.05) is 54.6 Å². The monoisotopic (exact) mass is 496 g/mol. The van der Waals surface area contributed by atoms with E-state index in [4.69, 9.17) is 9.47 Å². The number of hydrogen-bond acceptors (Lipinski definition) is 6. The summed E-state index contributed by atoms with van der Waals surface area (Å²) in [6, 6.07) is 14.4. The van der Waals surface area contributed by atoms with E-state index in [0.29, 0.717) is 11.1 Å². The number of hydrogen-bond donors (Lipinski definition) is 2. The highest BCUT2D eigenvalue weighted by Crippen LogP contribution is 2.69. The third-order valence-corrected chi connectivity index (χ3v) is 7.36. The highest BCUT2D eigenvalue weighted by molar-refractivity contribution is 5.82. The van der Waals surface area contributed by atoms with Crippen LogP contribution in [0.4, 0.5) is 8.78 Å². The van der Waals surface area contributed by atoms with E-state index >= 15 is 0 Å². The van der Waals surface area contributed by atoms with Crippen molar-refractivity contribution in [2.75, 3.05) is 21.2 Å². The minimum absolute atomic E-state index is 0.153. The SMILES string of the molecule is COc1cncc2c1[C@]1(O)[C@H](O)[C@H](C(=O)N(C)C)[C@@H](c3ccccc3)[C@]1(c1ccc(C(F)F)cc1)O2. The van der Waals surface area contributed by atoms with E-state index in [1.807, 2.05) is 6.07 Å². The average molecular weight is 497 g/mol. The number of carbonyl (C=O) groups excluding carboxylic acids is 1. The lowest BCUT2D eigenvalue weighted by atomic mass is 9.70. The van der Waals surface area contributed by atoms with Crippen LogP contribution in [0.5, 0.6) is 11.5 Å². The van der Waals surface area contributed by atoms with Crippen LogP contribution in [0.15, 0.2) is 67.0 Å². The van der Waals surface area contributed by atoms with Gasteiger partial charge in [-0.3, -0.25) is 9.78 Å². The first-order valence-electron chi connectivity index (χ1n) is 11.4. The second-order valence-electron chi connectivity index (χ2n) is 9.33. The Labute approximate surface area is 206 Å². The number of benzene rings is 2. The number of ether oxygens (including phenoxy) is 2. The number of methoxy groups -OCH3 is 1. The smallest absolute Gasteiger partial charge is 0.263 e. The van der Waals surface area contributed by atoms with Crippen LogP contribution in [0, 0.1) is 5.92 Å². The predicted molar refractivity (Wildman–Crippen MR) is 126 cm³/mol. The molecule has 2 heterocycles. The molecule has 3 aromatic rings. The highest BCUT2D eigenvalue weighted by atomic mass is 19.3. The fraction of sp³-hybridized carbons (Fsp3) is 0.333. The number of amides is 1. The number of nitrogens with zero attached hydrogens (tertiary/aromatic N) is 2. The van der Waals surface area contributed by atoms with Gasteiger partial charge in [0, 0.05) is 25.6 Å². The summed E-state index contributed by atoms with van der Waals surface area (Å²) >= 11 is 0. The van der Waals surface area contributed by atoms with E-state index in [9.17, 15) is 23.8 Å². The molecule has 36 heavy (non-hydrogen) atoms. The zero-order valence-corrected chi connectivity index (χ0v) is 19.9. The number of rotatable bonds is 5. The van der Waals surface area contributed by atoms with E-state index in [0.717, 1.165) is 0 Å². The number of alkyl halides is 2. The van der Waals surface area contributed by atoms with Crippen LogP contribution in [0.25, 0.3) is 0 Å². The van der Waals surface area contributed by atoms with Gasteiger partial charge < -0.3 is 24.6 Å². The van der Waals surface area contributed by atoms with E-state index in [2.05, 4.69) is 4.98 Å². The normalized spacial score (nSPS) is 28.4. The van der Waals surface area contributed by atoms with Gasteiger partial charge in [0.15, 0.2) is 11.2 Å². The minimum atomic E-state index is -2.69. The molecule has 2 aliphatic rings. The van der Waals surface area contributed by atoms with Gasteiger partial charge >= 0.3 is 0 Å². The number of aliphatic hydroxyl groups is 2. The molecule has 0 unspecified atom stereocenters. The second kappa shape index (κ2) is 8.53. The van der Waals surface area contributed by atoms with E-state index < -0.39 is 41.5 Å². The summed E-state index contributed by atoms with van der Waals surface area (Å²) in [7, 11) is 4.54. The van der Waals surface area contributed by atoms with Crippen LogP contribution < -0.4 is 9.47 Å². The van der Waals surface area contributed by atoms with Crippen LogP contribution in [0.2, 0.25) is 0 Å². The molecule has 2 aromatic carbocycles. The van der Waals surface area contributed by atoms with Gasteiger partial charge in [0.25, 0.3) is 6.43 Å². The average Bonchev–Trinajstić information content (AvgIpc) is 3.27. The summed E-state index contributed by atoms with van der Waals surface area (Å²) in [6.45, 7) is 0. The summed E-state index contributed by atoms with van der Waals surface area (Å²) in [4.78, 5) is 19.0. The molecule has 0 radical (unpaired) electrons. The molecule has 2 N–H and O–H groups in total. The number of pyridine rings is 1. The van der Waals surface area contributed by atoms with Crippen molar-refractivity contribution in [3.63, 3.8) is 0 Å². The summed E-state index contributed by atoms with van der Waals surface area (Å²) < 4.78 is 38.8. The fourth-order valence-corrected chi connectivity index (χ4v) is 5.84. The Morgan fingerprint density at radius 1 is 1.11 bits per heavy atom. The van der Waals surface area contributed by atoms with Crippen molar-refractivity contribution in [2.24, 2.45) is 5.92 Å². The summed E-state index contributed by atoms with van der Waals surface area (Å²) in [5.74, 6) is -2.10. The summed E-state index contributed by atoms with van der Waals surface area (Å²) in [5.41, 5.74) is -3.03. The summed E-state index contributed by atoms with van der Waals surface area (Å²) in [5, 5.41) is 24.4. The van der Waals surface area contributed by atoms with E-state index in [1.54, 1.807) is 38.4 Å². The van der Waals surface area contributed by atoms with Crippen LogP contribution in [0.1, 0.15) is 34.6 Å². The van der Waals surface area contributed by atoms with Gasteiger partial charge in [-0.25, -0.2) is 8.78 Å². The van der Waals surface area contributed by atoms with E-state index in [-0.39, 0.29) is 22.6 Å². The molecule has 1 amide bonds. The van der Waals surface area contributed by atoms with Gasteiger partial charge in [0.05, 0.1) is 31.0 Å². The lowest BCUT2D eigenvalue weighted by Gasteiger charge is -2.41. The zero-order chi connectivity index (χ0) is 25.8. The number of aliphatic hydroxyl groups excluding tert-OH is 1. The molecule has 0 spiro atoms. The maximum absolute atomic E-state index is 13.6. The highest BCUT2D eigenvalue weighted by Gasteiger charge is 2.78. The first-order valence-corrected chi connectivity index (χ1v) is 11.4. The van der Waals surface area contributed by atoms with Crippen molar-refractivity contribution in [1.82, 2.24) is 9.88 Å². The number of carbonyl (C=O) groups is 1. The number of aromatic nitrogens is 1. The summed E-state index contributed by atoms with van der Waals surface area (Å²) in [6.07, 6.45) is -1.53. The van der Waals surface area contributed by atoms with Crippen molar-refractivity contribution in [2.45, 2.75) is 29.6 Å². The van der Waals surface area contributed by atoms with Gasteiger partial charge in [0.1, 0.15) is 17.6 Å². The van der Waals surface area contributed by atoms with Crippen molar-refractivity contribution in [3.8, 4) is 11.5 Å². The minimum Gasteiger partial charge on any atom is -0.495 e. The van der Waals surface area contributed by atoms with Crippen LogP contribution in [-0.4, -0.2) is 53.3 Å². The first-order chi connectivity index (χ1) is 17.2. The Bertz CT molecular complexity index is 1290. The lowest BCUT2D eigenvalue weighted by molar-refractivity contribution is -0.156. The molecule has 0 saturated heterocycles. The third kappa shape index (κ3) is 3.09. The standard InChI is InChI=1S/C27H26F2N2O5/c1-31(2)25(33)20-21(15-7-5-4-6-8-15)27(17-11-9-16(10-12-17)24(28)29)26(34,23(20)32)22-18(35-3)13-30-14-19(22)36-27/h4-14,20-21,23-24,32,34H,1-3H3/t20-,21-,23-,26+,27+/m1/s1. The largest absolute Gasteiger partial charge is 0.495 e. The number of fused-ring (bicyclic) bond motifs is 3. The molecule has 1 aromatic heterocycles. The molecule has 7 nitrogen and oxygen atoms in total. The topological polar surface area (TPSA) is 92.1 Å². The second-order valence-corrected chi connectivity index (χ2v) is 9.33. The zero-order valence-electron chi connectivity index (χ0n) is 19.9. The van der Waals surface area contributed by atoms with Crippen molar-refractivity contribution in [1.29, 1.82) is 0 Å². The first kappa shape index (κ1) is 24.1. The van der Waals surface area contributed by atoms with Crippen LogP contribution in [-0.2, 0) is 16.0 Å².